The maximum Gasteiger partial charge on any atom is 0.338 e. The summed E-state index contributed by atoms with van der Waals surface area (Å²) in [5.74, 6) is -1.56. The van der Waals surface area contributed by atoms with Crippen molar-refractivity contribution in [2.45, 2.75) is 0 Å². The Kier molecular flexibility index (Phi) is 7.99. The molecule has 0 atom stereocenters. The average molecular weight is 472 g/mol. The number of ether oxygens (including phenoxy) is 3. The van der Waals surface area contributed by atoms with Crippen LogP contribution < -0.4 is 14.8 Å². The quantitative estimate of drug-likeness (QED) is 0.364. The van der Waals surface area contributed by atoms with Gasteiger partial charge in [0.25, 0.3) is 5.91 Å². The highest BCUT2D eigenvalue weighted by atomic mass is 35.5. The number of benzene rings is 3. The van der Waals surface area contributed by atoms with E-state index in [0.717, 1.165) is 0 Å². The van der Waals surface area contributed by atoms with E-state index in [-0.39, 0.29) is 29.5 Å². The maximum atomic E-state index is 12.9. The number of hydrogen-bond donors (Lipinski definition) is 1. The monoisotopic (exact) mass is 471 g/mol. The normalized spacial score (nSPS) is 10.3. The second-order valence-electron chi connectivity index (χ2n) is 6.72. The standard InChI is InChI=1S/C24H19ClFNO6/c1-31-22-12-16(24(30)33-13-20(28)15-2-5-17(25)6-3-15)4-11-21(22)32-14-23(29)27-19-9-7-18(26)8-10-19/h2-12H,13-14H2,1H3,(H,27,29). The van der Waals surface area contributed by atoms with E-state index in [9.17, 15) is 18.8 Å². The van der Waals surface area contributed by atoms with Gasteiger partial charge < -0.3 is 19.5 Å². The number of anilines is 1. The number of ketones is 1. The zero-order valence-corrected chi connectivity index (χ0v) is 18.2. The second kappa shape index (κ2) is 11.1. The number of esters is 1. The van der Waals surface area contributed by atoms with Gasteiger partial charge in [0.2, 0.25) is 0 Å². The molecule has 0 aliphatic rings. The molecule has 0 saturated carbocycles. The number of amides is 1. The van der Waals surface area contributed by atoms with Crippen LogP contribution in [-0.4, -0.2) is 38.0 Å². The first-order valence-electron chi connectivity index (χ1n) is 9.68. The molecule has 7 nitrogen and oxygen atoms in total. The molecule has 170 valence electrons. The number of Topliss-reactive ketones (excluding diaryl/α,β-unsaturated/α-hetero) is 1. The van der Waals surface area contributed by atoms with E-state index >= 15 is 0 Å². The van der Waals surface area contributed by atoms with Crippen LogP contribution in [0.25, 0.3) is 0 Å². The Morgan fingerprint density at radius 1 is 0.879 bits per heavy atom. The number of halogens is 2. The zero-order chi connectivity index (χ0) is 23.8. The van der Waals surface area contributed by atoms with E-state index in [4.69, 9.17) is 25.8 Å². The van der Waals surface area contributed by atoms with Gasteiger partial charge in [-0.3, -0.25) is 9.59 Å². The molecule has 0 unspecified atom stereocenters. The summed E-state index contributed by atoms with van der Waals surface area (Å²) >= 11 is 5.79. The zero-order valence-electron chi connectivity index (χ0n) is 17.5. The molecule has 1 N–H and O–H groups in total. The van der Waals surface area contributed by atoms with Gasteiger partial charge in [-0.05, 0) is 66.7 Å². The first kappa shape index (κ1) is 23.7. The number of rotatable bonds is 9. The summed E-state index contributed by atoms with van der Waals surface area (Å²) in [4.78, 5) is 36.5. The van der Waals surface area contributed by atoms with Crippen molar-refractivity contribution in [1.29, 1.82) is 0 Å². The van der Waals surface area contributed by atoms with Crippen LogP contribution in [-0.2, 0) is 9.53 Å². The van der Waals surface area contributed by atoms with Crippen LogP contribution >= 0.6 is 11.6 Å². The summed E-state index contributed by atoms with van der Waals surface area (Å²) in [6, 6.07) is 15.8. The Bertz CT molecular complexity index is 1150. The van der Waals surface area contributed by atoms with Gasteiger partial charge in [0.15, 0.2) is 30.5 Å². The molecule has 3 aromatic carbocycles. The third-order valence-electron chi connectivity index (χ3n) is 4.39. The lowest BCUT2D eigenvalue weighted by Crippen LogP contribution is -2.20. The van der Waals surface area contributed by atoms with E-state index in [1.54, 1.807) is 24.3 Å². The van der Waals surface area contributed by atoms with Gasteiger partial charge in [0.1, 0.15) is 5.82 Å². The number of hydrogen-bond acceptors (Lipinski definition) is 6. The van der Waals surface area contributed by atoms with Crippen molar-refractivity contribution in [3.63, 3.8) is 0 Å². The van der Waals surface area contributed by atoms with Crippen molar-refractivity contribution in [2.24, 2.45) is 0 Å². The van der Waals surface area contributed by atoms with Crippen molar-refractivity contribution >= 4 is 34.9 Å². The van der Waals surface area contributed by atoms with Crippen LogP contribution in [0.5, 0.6) is 11.5 Å². The Morgan fingerprint density at radius 3 is 2.21 bits per heavy atom. The van der Waals surface area contributed by atoms with Gasteiger partial charge in [-0.15, -0.1) is 0 Å². The van der Waals surface area contributed by atoms with Crippen molar-refractivity contribution in [2.75, 3.05) is 25.6 Å². The molecular weight excluding hydrogens is 453 g/mol. The molecule has 0 aliphatic carbocycles. The summed E-state index contributed by atoms with van der Waals surface area (Å²) in [7, 11) is 1.37. The van der Waals surface area contributed by atoms with Crippen LogP contribution in [0.4, 0.5) is 10.1 Å². The minimum atomic E-state index is -0.726. The first-order valence-corrected chi connectivity index (χ1v) is 10.1. The fourth-order valence-corrected chi connectivity index (χ4v) is 2.85. The van der Waals surface area contributed by atoms with Crippen LogP contribution in [0.2, 0.25) is 5.02 Å². The molecule has 0 heterocycles. The number of methoxy groups -OCH3 is 1. The smallest absolute Gasteiger partial charge is 0.338 e. The third-order valence-corrected chi connectivity index (χ3v) is 4.64. The lowest BCUT2D eigenvalue weighted by atomic mass is 10.1. The maximum absolute atomic E-state index is 12.9. The van der Waals surface area contributed by atoms with Gasteiger partial charge in [-0.2, -0.15) is 0 Å². The fourth-order valence-electron chi connectivity index (χ4n) is 2.72. The summed E-state index contributed by atoms with van der Waals surface area (Å²) < 4.78 is 28.7. The van der Waals surface area contributed by atoms with E-state index in [1.165, 1.54) is 49.6 Å². The molecule has 0 radical (unpaired) electrons. The predicted octanol–water partition coefficient (Wildman–Crippen LogP) is 4.54. The Labute approximate surface area is 194 Å². The van der Waals surface area contributed by atoms with E-state index in [0.29, 0.717) is 16.3 Å². The van der Waals surface area contributed by atoms with Gasteiger partial charge in [0.05, 0.1) is 12.7 Å². The highest BCUT2D eigenvalue weighted by Gasteiger charge is 2.16. The molecule has 0 aromatic heterocycles. The van der Waals surface area contributed by atoms with Gasteiger partial charge in [-0.25, -0.2) is 9.18 Å². The molecule has 0 spiro atoms. The first-order chi connectivity index (χ1) is 15.9. The molecule has 0 saturated heterocycles. The highest BCUT2D eigenvalue weighted by Crippen LogP contribution is 2.28. The molecule has 1 amide bonds. The van der Waals surface area contributed by atoms with Crippen LogP contribution in [0.1, 0.15) is 20.7 Å². The van der Waals surface area contributed by atoms with E-state index in [1.807, 2.05) is 0 Å². The molecule has 9 heteroatoms. The highest BCUT2D eigenvalue weighted by molar-refractivity contribution is 6.30. The van der Waals surface area contributed by atoms with Crippen molar-refractivity contribution in [3.05, 3.63) is 88.7 Å². The summed E-state index contributed by atoms with van der Waals surface area (Å²) in [6.07, 6.45) is 0. The molecule has 3 aromatic rings. The Hall–Kier alpha value is -3.91. The Balaban J connectivity index is 1.56. The summed E-state index contributed by atoms with van der Waals surface area (Å²) in [6.45, 7) is -0.780. The molecule has 0 aliphatic heterocycles. The average Bonchev–Trinajstić information content (AvgIpc) is 2.82. The SMILES string of the molecule is COc1cc(C(=O)OCC(=O)c2ccc(Cl)cc2)ccc1OCC(=O)Nc1ccc(F)cc1. The number of nitrogens with one attached hydrogen (secondary N) is 1. The molecule has 0 fully saturated rings. The fraction of sp³-hybridized carbons (Fsp3) is 0.125. The van der Waals surface area contributed by atoms with Crippen LogP contribution in [0, 0.1) is 5.82 Å². The Morgan fingerprint density at radius 2 is 1.55 bits per heavy atom. The molecular formula is C24H19ClFNO6. The number of carbonyl (C=O) groups is 3. The van der Waals surface area contributed by atoms with Gasteiger partial charge in [-0.1, -0.05) is 11.6 Å². The minimum Gasteiger partial charge on any atom is -0.493 e. The summed E-state index contributed by atoms with van der Waals surface area (Å²) in [5, 5.41) is 3.06. The lowest BCUT2D eigenvalue weighted by Gasteiger charge is -2.12. The molecule has 0 bridgehead atoms. The van der Waals surface area contributed by atoms with Crippen LogP contribution in [0.15, 0.2) is 66.7 Å². The minimum absolute atomic E-state index is 0.138. The molecule has 33 heavy (non-hydrogen) atoms. The predicted molar refractivity (Wildman–Crippen MR) is 120 cm³/mol. The lowest BCUT2D eigenvalue weighted by molar-refractivity contribution is -0.118. The van der Waals surface area contributed by atoms with Crippen molar-refractivity contribution in [1.82, 2.24) is 0 Å². The molecule has 3 rings (SSSR count). The second-order valence-corrected chi connectivity index (χ2v) is 7.15. The van der Waals surface area contributed by atoms with E-state index in [2.05, 4.69) is 5.32 Å². The van der Waals surface area contributed by atoms with Crippen molar-refractivity contribution in [3.8, 4) is 11.5 Å². The van der Waals surface area contributed by atoms with E-state index < -0.39 is 24.3 Å². The van der Waals surface area contributed by atoms with Gasteiger partial charge in [0, 0.05) is 16.3 Å². The van der Waals surface area contributed by atoms with Gasteiger partial charge >= 0.3 is 5.97 Å². The van der Waals surface area contributed by atoms with Crippen LogP contribution in [0.3, 0.4) is 0 Å². The number of carbonyl (C=O) groups excluding carboxylic acids is 3. The summed E-state index contributed by atoms with van der Waals surface area (Å²) in [5.41, 5.74) is 0.925. The largest absolute Gasteiger partial charge is 0.493 e. The third kappa shape index (κ3) is 6.78. The van der Waals surface area contributed by atoms with Crippen molar-refractivity contribution < 1.29 is 33.0 Å². The topological polar surface area (TPSA) is 90.9 Å².